The van der Waals surface area contributed by atoms with Gasteiger partial charge >= 0.3 is 0 Å². The van der Waals surface area contributed by atoms with Crippen molar-refractivity contribution in [2.45, 2.75) is 18.9 Å². The lowest BCUT2D eigenvalue weighted by Crippen LogP contribution is -2.48. The molecular weight excluding hydrogens is 328 g/mol. The van der Waals surface area contributed by atoms with E-state index in [-0.39, 0.29) is 23.2 Å². The third kappa shape index (κ3) is 3.17. The number of thioether (sulfide) groups is 1. The van der Waals surface area contributed by atoms with Gasteiger partial charge in [0.1, 0.15) is 11.7 Å². The van der Waals surface area contributed by atoms with Gasteiger partial charge in [0.25, 0.3) is 5.69 Å². The predicted molar refractivity (Wildman–Crippen MR) is 92.1 cm³/mol. The zero-order valence-corrected chi connectivity index (χ0v) is 14.0. The summed E-state index contributed by atoms with van der Waals surface area (Å²) in [6, 6.07) is 6.02. The first-order valence-electron chi connectivity index (χ1n) is 7.93. The molecule has 0 unspecified atom stereocenters. The van der Waals surface area contributed by atoms with Crippen LogP contribution >= 0.6 is 11.8 Å². The van der Waals surface area contributed by atoms with Gasteiger partial charge < -0.3 is 9.80 Å². The van der Waals surface area contributed by atoms with E-state index in [0.717, 1.165) is 31.0 Å². The topological polar surface area (TPSA) is 90.5 Å². The molecule has 0 radical (unpaired) electrons. The van der Waals surface area contributed by atoms with Crippen molar-refractivity contribution in [1.82, 2.24) is 4.90 Å². The van der Waals surface area contributed by atoms with E-state index in [9.17, 15) is 14.9 Å². The van der Waals surface area contributed by atoms with Gasteiger partial charge in [0.05, 0.1) is 16.6 Å². The summed E-state index contributed by atoms with van der Waals surface area (Å²) in [6.07, 6.45) is 1.54. The van der Waals surface area contributed by atoms with Crippen LogP contribution in [0.1, 0.15) is 18.4 Å². The molecule has 7 nitrogen and oxygen atoms in total. The number of carbonyl (C=O) groups excluding carboxylic acids is 1. The van der Waals surface area contributed by atoms with Gasteiger partial charge in [-0.1, -0.05) is 0 Å². The molecule has 3 rings (SSSR count). The van der Waals surface area contributed by atoms with Crippen LogP contribution in [-0.2, 0) is 4.79 Å². The number of nitriles is 1. The highest BCUT2D eigenvalue weighted by Crippen LogP contribution is 2.35. The Bertz CT molecular complexity index is 697. The second-order valence-corrected chi connectivity index (χ2v) is 7.09. The number of amides is 1. The van der Waals surface area contributed by atoms with Crippen molar-refractivity contribution in [3.8, 4) is 6.07 Å². The van der Waals surface area contributed by atoms with Crippen LogP contribution < -0.4 is 4.90 Å². The zero-order valence-electron chi connectivity index (χ0n) is 13.2. The molecule has 2 fully saturated rings. The van der Waals surface area contributed by atoms with Gasteiger partial charge in [-0.25, -0.2) is 0 Å². The highest BCUT2D eigenvalue weighted by molar-refractivity contribution is 7.99. The third-order valence-electron chi connectivity index (χ3n) is 4.47. The molecule has 126 valence electrons. The Labute approximate surface area is 144 Å². The lowest BCUT2D eigenvalue weighted by Gasteiger charge is -2.33. The van der Waals surface area contributed by atoms with Crippen LogP contribution in [0, 0.1) is 21.4 Å². The molecule has 1 amide bonds. The maximum Gasteiger partial charge on any atom is 0.293 e. The molecule has 0 N–H and O–H groups in total. The minimum Gasteiger partial charge on any atom is -0.354 e. The maximum atomic E-state index is 12.8. The molecular formula is C16H18N4O3S. The summed E-state index contributed by atoms with van der Waals surface area (Å²) in [7, 11) is 0. The molecule has 24 heavy (non-hydrogen) atoms. The van der Waals surface area contributed by atoms with Crippen molar-refractivity contribution in [3.63, 3.8) is 0 Å². The Hall–Kier alpha value is -2.27. The van der Waals surface area contributed by atoms with E-state index >= 15 is 0 Å². The van der Waals surface area contributed by atoms with Gasteiger partial charge in [-0.15, -0.1) is 0 Å². The van der Waals surface area contributed by atoms with Crippen LogP contribution in [0.5, 0.6) is 0 Å². The molecule has 0 bridgehead atoms. The lowest BCUT2D eigenvalue weighted by atomic mass is 10.1. The average molecular weight is 346 g/mol. The second-order valence-electron chi connectivity index (χ2n) is 5.86. The summed E-state index contributed by atoms with van der Waals surface area (Å²) >= 11 is 1.84. The molecule has 8 heteroatoms. The molecule has 2 heterocycles. The fraction of sp³-hybridized carbons (Fsp3) is 0.500. The van der Waals surface area contributed by atoms with Crippen LogP contribution in [0.3, 0.4) is 0 Å². The standard InChI is InChI=1S/C16H18N4O3S/c17-11-12-3-4-13(15(10-12)20(22)23)19-5-1-2-14(19)16(21)18-6-8-24-9-7-18/h3-4,10,14H,1-2,5-9H2/t14-/m1/s1. The van der Waals surface area contributed by atoms with Crippen molar-refractivity contribution in [1.29, 1.82) is 5.26 Å². The van der Waals surface area contributed by atoms with Gasteiger partial charge in [-0.05, 0) is 25.0 Å². The first-order valence-corrected chi connectivity index (χ1v) is 9.09. The van der Waals surface area contributed by atoms with Crippen molar-refractivity contribution in [2.75, 3.05) is 36.0 Å². The smallest absolute Gasteiger partial charge is 0.293 e. The molecule has 1 atom stereocenters. The van der Waals surface area contributed by atoms with Gasteiger partial charge in [0.2, 0.25) is 5.91 Å². The SMILES string of the molecule is N#Cc1ccc(N2CCC[C@@H]2C(=O)N2CCSCC2)c([N+](=O)[O-])c1. The highest BCUT2D eigenvalue weighted by atomic mass is 32.2. The number of nitro groups is 1. The number of carbonyl (C=O) groups is 1. The van der Waals surface area contributed by atoms with Crippen LogP contribution in [0.15, 0.2) is 18.2 Å². The minimum atomic E-state index is -0.479. The van der Waals surface area contributed by atoms with E-state index in [1.807, 2.05) is 27.6 Å². The quantitative estimate of drug-likeness (QED) is 0.614. The first kappa shape index (κ1) is 16.6. The number of hydrogen-bond acceptors (Lipinski definition) is 6. The van der Waals surface area contributed by atoms with E-state index in [0.29, 0.717) is 18.7 Å². The van der Waals surface area contributed by atoms with Crippen LogP contribution in [0.2, 0.25) is 0 Å². The highest BCUT2D eigenvalue weighted by Gasteiger charge is 2.37. The summed E-state index contributed by atoms with van der Waals surface area (Å²) in [6.45, 7) is 2.10. The summed E-state index contributed by atoms with van der Waals surface area (Å²) in [5.74, 6) is 1.94. The van der Waals surface area contributed by atoms with Crippen molar-refractivity contribution in [2.24, 2.45) is 0 Å². The Morgan fingerprint density at radius 2 is 2.08 bits per heavy atom. The molecule has 2 saturated heterocycles. The number of benzene rings is 1. The number of hydrogen-bond donors (Lipinski definition) is 0. The molecule has 0 saturated carbocycles. The molecule has 2 aliphatic heterocycles. The largest absolute Gasteiger partial charge is 0.354 e. The summed E-state index contributed by atoms with van der Waals surface area (Å²) in [5, 5.41) is 20.4. The van der Waals surface area contributed by atoms with Crippen LogP contribution in [0.25, 0.3) is 0 Å². The zero-order chi connectivity index (χ0) is 17.1. The predicted octanol–water partition coefficient (Wildman–Crippen LogP) is 2.01. The van der Waals surface area contributed by atoms with E-state index in [1.54, 1.807) is 12.1 Å². The molecule has 0 aliphatic carbocycles. The fourth-order valence-corrected chi connectivity index (χ4v) is 4.19. The van der Waals surface area contributed by atoms with Gasteiger partial charge in [0.15, 0.2) is 0 Å². The normalized spacial score (nSPS) is 20.7. The Morgan fingerprint density at radius 1 is 1.33 bits per heavy atom. The minimum absolute atomic E-state index is 0.0615. The second kappa shape index (κ2) is 7.09. The number of rotatable bonds is 3. The van der Waals surface area contributed by atoms with Crippen molar-refractivity contribution >= 4 is 29.0 Å². The summed E-state index contributed by atoms with van der Waals surface area (Å²) in [5.41, 5.74) is 0.574. The molecule has 2 aliphatic rings. The third-order valence-corrected chi connectivity index (χ3v) is 5.41. The Balaban J connectivity index is 1.89. The number of nitro benzene ring substituents is 1. The molecule has 1 aromatic rings. The van der Waals surface area contributed by atoms with E-state index < -0.39 is 4.92 Å². The monoisotopic (exact) mass is 346 g/mol. The summed E-state index contributed by atoms with van der Waals surface area (Å²) in [4.78, 5) is 27.5. The van der Waals surface area contributed by atoms with E-state index in [4.69, 9.17) is 5.26 Å². The van der Waals surface area contributed by atoms with Crippen molar-refractivity contribution in [3.05, 3.63) is 33.9 Å². The van der Waals surface area contributed by atoms with E-state index in [2.05, 4.69) is 0 Å². The lowest BCUT2D eigenvalue weighted by molar-refractivity contribution is -0.384. The van der Waals surface area contributed by atoms with Gasteiger partial charge in [0, 0.05) is 37.2 Å². The fourth-order valence-electron chi connectivity index (χ4n) is 3.29. The number of nitrogens with zero attached hydrogens (tertiary/aromatic N) is 4. The van der Waals surface area contributed by atoms with Crippen molar-refractivity contribution < 1.29 is 9.72 Å². The van der Waals surface area contributed by atoms with Gasteiger partial charge in [-0.2, -0.15) is 17.0 Å². The first-order chi connectivity index (χ1) is 11.6. The molecule has 1 aromatic carbocycles. The Morgan fingerprint density at radius 3 is 2.75 bits per heavy atom. The van der Waals surface area contributed by atoms with Gasteiger partial charge in [-0.3, -0.25) is 14.9 Å². The van der Waals surface area contributed by atoms with E-state index in [1.165, 1.54) is 6.07 Å². The molecule has 0 spiro atoms. The van der Waals surface area contributed by atoms with Crippen LogP contribution in [0.4, 0.5) is 11.4 Å². The maximum absolute atomic E-state index is 12.8. The average Bonchev–Trinajstić information content (AvgIpc) is 3.10. The summed E-state index contributed by atoms with van der Waals surface area (Å²) < 4.78 is 0. The Kier molecular flexibility index (Phi) is 4.90. The number of anilines is 1. The van der Waals surface area contributed by atoms with Crippen LogP contribution in [-0.4, -0.2) is 52.9 Å². The molecule has 0 aromatic heterocycles.